The van der Waals surface area contributed by atoms with Crippen molar-refractivity contribution in [3.05, 3.63) is 24.3 Å². The molecule has 2 aliphatic rings. The number of carbonyl (C=O) groups is 1. The standard InChI is InChI=1S/C20H29N3O3S2/c1-15-14-23(19(24)12-11-16-7-4-5-8-16)20(27-15)21-17-9-6-10-18(13-17)28(25,26)22(2)3/h6,9-10,13,15-16H,4-5,7-8,11-12,14H2,1-3H3. The largest absolute Gasteiger partial charge is 0.290 e. The van der Waals surface area contributed by atoms with Crippen molar-refractivity contribution in [2.45, 2.75) is 55.6 Å². The van der Waals surface area contributed by atoms with Gasteiger partial charge in [-0.3, -0.25) is 9.69 Å². The van der Waals surface area contributed by atoms with Crippen molar-refractivity contribution in [2.24, 2.45) is 10.9 Å². The molecule has 1 heterocycles. The fraction of sp³-hybridized carbons (Fsp3) is 0.600. The first-order valence-corrected chi connectivity index (χ1v) is 12.2. The minimum Gasteiger partial charge on any atom is -0.290 e. The number of sulfonamides is 1. The lowest BCUT2D eigenvalue weighted by molar-refractivity contribution is -0.127. The smallest absolute Gasteiger partial charge is 0.242 e. The normalized spacial score (nSPS) is 22.5. The summed E-state index contributed by atoms with van der Waals surface area (Å²) < 4.78 is 25.9. The van der Waals surface area contributed by atoms with Crippen molar-refractivity contribution in [2.75, 3.05) is 20.6 Å². The van der Waals surface area contributed by atoms with Crippen LogP contribution in [-0.4, -0.2) is 54.6 Å². The number of benzene rings is 1. The number of hydrogen-bond acceptors (Lipinski definition) is 5. The lowest BCUT2D eigenvalue weighted by atomic mass is 10.0. The average molecular weight is 424 g/mol. The number of rotatable bonds is 6. The van der Waals surface area contributed by atoms with E-state index in [4.69, 9.17) is 0 Å². The van der Waals surface area contributed by atoms with E-state index in [1.807, 2.05) is 0 Å². The second-order valence-corrected chi connectivity index (χ2v) is 11.4. The molecular weight excluding hydrogens is 394 g/mol. The molecule has 1 unspecified atom stereocenters. The topological polar surface area (TPSA) is 70.0 Å². The number of amidine groups is 1. The Bertz CT molecular complexity index is 846. The zero-order valence-electron chi connectivity index (χ0n) is 16.8. The molecule has 1 atom stereocenters. The van der Waals surface area contributed by atoms with Crippen LogP contribution in [0.5, 0.6) is 0 Å². The highest BCUT2D eigenvalue weighted by atomic mass is 32.2. The zero-order chi connectivity index (χ0) is 20.3. The highest BCUT2D eigenvalue weighted by Gasteiger charge is 2.31. The van der Waals surface area contributed by atoms with Gasteiger partial charge in [0.1, 0.15) is 0 Å². The van der Waals surface area contributed by atoms with E-state index in [-0.39, 0.29) is 16.1 Å². The molecular formula is C20H29N3O3S2. The summed E-state index contributed by atoms with van der Waals surface area (Å²) in [4.78, 5) is 19.4. The van der Waals surface area contributed by atoms with Gasteiger partial charge in [-0.2, -0.15) is 0 Å². The van der Waals surface area contributed by atoms with E-state index in [0.29, 0.717) is 29.7 Å². The van der Waals surface area contributed by atoms with Gasteiger partial charge < -0.3 is 0 Å². The van der Waals surface area contributed by atoms with Crippen LogP contribution >= 0.6 is 11.8 Å². The van der Waals surface area contributed by atoms with Crippen molar-refractivity contribution in [1.29, 1.82) is 0 Å². The number of thioether (sulfide) groups is 1. The highest BCUT2D eigenvalue weighted by molar-refractivity contribution is 8.14. The van der Waals surface area contributed by atoms with Gasteiger partial charge in [0.15, 0.2) is 5.17 Å². The fourth-order valence-corrected chi connectivity index (χ4v) is 5.69. The predicted molar refractivity (Wildman–Crippen MR) is 114 cm³/mol. The lowest BCUT2D eigenvalue weighted by Gasteiger charge is -2.17. The molecule has 1 saturated carbocycles. The van der Waals surface area contributed by atoms with Crippen molar-refractivity contribution in [3.8, 4) is 0 Å². The van der Waals surface area contributed by atoms with Crippen LogP contribution in [0.2, 0.25) is 0 Å². The minimum absolute atomic E-state index is 0.125. The summed E-state index contributed by atoms with van der Waals surface area (Å²) >= 11 is 1.57. The van der Waals surface area contributed by atoms with E-state index < -0.39 is 10.0 Å². The Hall–Kier alpha value is -1.38. The lowest BCUT2D eigenvalue weighted by Crippen LogP contribution is -2.32. The Morgan fingerprint density at radius 2 is 2.00 bits per heavy atom. The summed E-state index contributed by atoms with van der Waals surface area (Å²) in [6, 6.07) is 6.58. The quantitative estimate of drug-likeness (QED) is 0.697. The van der Waals surface area contributed by atoms with Crippen LogP contribution in [0.4, 0.5) is 5.69 Å². The van der Waals surface area contributed by atoms with E-state index in [0.717, 1.165) is 6.42 Å². The van der Waals surface area contributed by atoms with E-state index >= 15 is 0 Å². The molecule has 154 valence electrons. The van der Waals surface area contributed by atoms with Crippen LogP contribution < -0.4 is 0 Å². The van der Waals surface area contributed by atoms with Gasteiger partial charge in [0.2, 0.25) is 15.9 Å². The third kappa shape index (κ3) is 4.96. The minimum atomic E-state index is -3.52. The van der Waals surface area contributed by atoms with Crippen LogP contribution in [0.1, 0.15) is 45.4 Å². The number of carbonyl (C=O) groups excluding carboxylic acids is 1. The van der Waals surface area contributed by atoms with E-state index in [1.165, 1.54) is 44.1 Å². The molecule has 1 saturated heterocycles. The Morgan fingerprint density at radius 1 is 1.29 bits per heavy atom. The number of hydrogen-bond donors (Lipinski definition) is 0. The van der Waals surface area contributed by atoms with Crippen molar-refractivity contribution in [3.63, 3.8) is 0 Å². The molecule has 0 N–H and O–H groups in total. The van der Waals surface area contributed by atoms with Gasteiger partial charge >= 0.3 is 0 Å². The van der Waals surface area contributed by atoms with E-state index in [2.05, 4.69) is 11.9 Å². The van der Waals surface area contributed by atoms with Gasteiger partial charge in [-0.15, -0.1) is 0 Å². The van der Waals surface area contributed by atoms with Crippen molar-refractivity contribution in [1.82, 2.24) is 9.21 Å². The van der Waals surface area contributed by atoms with Crippen LogP contribution in [-0.2, 0) is 14.8 Å². The van der Waals surface area contributed by atoms with Crippen LogP contribution in [0.15, 0.2) is 34.2 Å². The van der Waals surface area contributed by atoms with Gasteiger partial charge in [0, 0.05) is 32.3 Å². The molecule has 3 rings (SSSR count). The van der Waals surface area contributed by atoms with E-state index in [9.17, 15) is 13.2 Å². The second kappa shape index (κ2) is 8.97. The molecule has 1 aromatic carbocycles. The fourth-order valence-electron chi connectivity index (χ4n) is 3.71. The maximum Gasteiger partial charge on any atom is 0.242 e. The van der Waals surface area contributed by atoms with Gasteiger partial charge in [-0.1, -0.05) is 50.4 Å². The predicted octanol–water partition coefficient (Wildman–Crippen LogP) is 3.86. The maximum atomic E-state index is 12.8. The molecule has 2 fully saturated rings. The molecule has 1 aliphatic carbocycles. The molecule has 0 aromatic heterocycles. The Balaban J connectivity index is 1.76. The van der Waals surface area contributed by atoms with Crippen LogP contribution in [0.3, 0.4) is 0 Å². The molecule has 1 aliphatic heterocycles. The Labute approximate surface area is 172 Å². The first-order valence-electron chi connectivity index (χ1n) is 9.85. The van der Waals surface area contributed by atoms with E-state index in [1.54, 1.807) is 40.9 Å². The molecule has 0 spiro atoms. The summed E-state index contributed by atoms with van der Waals surface area (Å²) in [5.74, 6) is 0.810. The van der Waals surface area contributed by atoms with Crippen LogP contribution in [0.25, 0.3) is 0 Å². The summed E-state index contributed by atoms with van der Waals surface area (Å²) in [6.45, 7) is 2.74. The number of aliphatic imine (C=N–C) groups is 1. The summed E-state index contributed by atoms with van der Waals surface area (Å²) in [7, 11) is -0.501. The molecule has 0 bridgehead atoms. The third-order valence-electron chi connectivity index (χ3n) is 5.34. The molecule has 1 amide bonds. The second-order valence-electron chi connectivity index (χ2n) is 7.80. The summed E-state index contributed by atoms with van der Waals surface area (Å²) in [5, 5.41) is 0.950. The number of nitrogens with zero attached hydrogens (tertiary/aromatic N) is 3. The SMILES string of the molecule is CC1CN(C(=O)CCC2CCCC2)C(=Nc2cccc(S(=O)(=O)N(C)C)c2)S1. The molecule has 0 radical (unpaired) electrons. The van der Waals surface area contributed by atoms with Crippen LogP contribution in [0, 0.1) is 5.92 Å². The van der Waals surface area contributed by atoms with Crippen molar-refractivity contribution < 1.29 is 13.2 Å². The number of amides is 1. The van der Waals surface area contributed by atoms with Gasteiger partial charge in [-0.25, -0.2) is 17.7 Å². The molecule has 28 heavy (non-hydrogen) atoms. The summed E-state index contributed by atoms with van der Waals surface area (Å²) in [5.41, 5.74) is 0.549. The Morgan fingerprint density at radius 3 is 2.68 bits per heavy atom. The van der Waals surface area contributed by atoms with Gasteiger partial charge in [0.25, 0.3) is 0 Å². The highest BCUT2D eigenvalue weighted by Crippen LogP contribution is 2.32. The van der Waals surface area contributed by atoms with Crippen molar-refractivity contribution >= 4 is 38.5 Å². The summed E-state index contributed by atoms with van der Waals surface area (Å²) in [6.07, 6.45) is 6.58. The van der Waals surface area contributed by atoms with Gasteiger partial charge in [0.05, 0.1) is 10.6 Å². The average Bonchev–Trinajstić information content (AvgIpc) is 3.29. The first kappa shape index (κ1) is 21.3. The zero-order valence-corrected chi connectivity index (χ0v) is 18.4. The third-order valence-corrected chi connectivity index (χ3v) is 8.23. The van der Waals surface area contributed by atoms with Gasteiger partial charge in [-0.05, 0) is 30.5 Å². The molecule has 8 heteroatoms. The Kier molecular flexibility index (Phi) is 6.83. The molecule has 6 nitrogen and oxygen atoms in total. The molecule has 1 aromatic rings. The first-order chi connectivity index (χ1) is 13.3. The monoisotopic (exact) mass is 423 g/mol. The maximum absolute atomic E-state index is 12.8.